The first-order chi connectivity index (χ1) is 8.36. The molecule has 0 radical (unpaired) electrons. The smallest absolute Gasteiger partial charge is 0.177 e. The fraction of sp³-hybridized carbons (Fsp3) is 0.357. The Morgan fingerprint density at radius 3 is 3.00 bits per heavy atom. The number of carbonyl (C=O) groups is 1. The number of hydrogen-bond donors (Lipinski definition) is 0. The second-order valence-electron chi connectivity index (χ2n) is 4.36. The van der Waals surface area contributed by atoms with Crippen molar-refractivity contribution in [2.45, 2.75) is 24.5 Å². The van der Waals surface area contributed by atoms with Crippen molar-refractivity contribution in [2.24, 2.45) is 0 Å². The van der Waals surface area contributed by atoms with Crippen molar-refractivity contribution >= 4 is 39.0 Å². The molecule has 1 aromatic heterocycles. The maximum Gasteiger partial charge on any atom is 0.177 e. The van der Waals surface area contributed by atoms with Crippen LogP contribution in [0, 0.1) is 0 Å². The third-order valence-corrected chi connectivity index (χ3v) is 5.56. The summed E-state index contributed by atoms with van der Waals surface area (Å²) >= 11 is 3.51. The van der Waals surface area contributed by atoms with Gasteiger partial charge in [-0.1, -0.05) is 18.6 Å². The summed E-state index contributed by atoms with van der Waals surface area (Å²) in [7, 11) is 0. The zero-order valence-electron chi connectivity index (χ0n) is 9.52. The molecule has 3 heteroatoms. The summed E-state index contributed by atoms with van der Waals surface area (Å²) in [6.45, 7) is 0. The van der Waals surface area contributed by atoms with Crippen molar-refractivity contribution < 1.29 is 4.79 Å². The molecule has 1 unspecified atom stereocenters. The predicted octanol–water partition coefficient (Wildman–Crippen LogP) is 4.37. The van der Waals surface area contributed by atoms with E-state index in [4.69, 9.17) is 0 Å². The second kappa shape index (κ2) is 4.83. The van der Waals surface area contributed by atoms with E-state index < -0.39 is 0 Å². The average molecular weight is 262 g/mol. The topological polar surface area (TPSA) is 17.1 Å². The molecule has 1 aliphatic heterocycles. The lowest BCUT2D eigenvalue weighted by Crippen LogP contribution is -2.21. The fourth-order valence-electron chi connectivity index (χ4n) is 2.31. The van der Waals surface area contributed by atoms with Gasteiger partial charge in [0, 0.05) is 10.3 Å². The van der Waals surface area contributed by atoms with E-state index in [1.54, 1.807) is 11.3 Å². The first-order valence-corrected chi connectivity index (χ1v) is 7.91. The van der Waals surface area contributed by atoms with Gasteiger partial charge < -0.3 is 0 Å². The van der Waals surface area contributed by atoms with E-state index in [1.165, 1.54) is 18.2 Å². The van der Waals surface area contributed by atoms with Crippen molar-refractivity contribution in [1.82, 2.24) is 0 Å². The summed E-state index contributed by atoms with van der Waals surface area (Å²) in [4.78, 5) is 12.5. The Bertz CT molecular complexity index is 538. The average Bonchev–Trinajstić information content (AvgIpc) is 2.87. The minimum Gasteiger partial charge on any atom is -0.293 e. The second-order valence-corrected chi connectivity index (χ2v) is 6.59. The van der Waals surface area contributed by atoms with Crippen molar-refractivity contribution in [1.29, 1.82) is 0 Å². The molecule has 0 amide bonds. The molecular weight excluding hydrogens is 248 g/mol. The highest BCUT2D eigenvalue weighted by molar-refractivity contribution is 8.00. The molecule has 1 aliphatic rings. The zero-order chi connectivity index (χ0) is 11.7. The number of thiophene rings is 1. The molecule has 2 aromatic rings. The van der Waals surface area contributed by atoms with E-state index in [9.17, 15) is 4.79 Å². The van der Waals surface area contributed by atoms with E-state index in [0.29, 0.717) is 5.78 Å². The van der Waals surface area contributed by atoms with Crippen molar-refractivity contribution in [3.05, 3.63) is 35.2 Å². The van der Waals surface area contributed by atoms with E-state index in [2.05, 4.69) is 17.5 Å². The molecule has 0 saturated carbocycles. The van der Waals surface area contributed by atoms with Gasteiger partial charge in [0.1, 0.15) is 0 Å². The van der Waals surface area contributed by atoms with Crippen LogP contribution in [0.4, 0.5) is 0 Å². The van der Waals surface area contributed by atoms with Gasteiger partial charge in [-0.3, -0.25) is 4.79 Å². The Labute approximate surface area is 109 Å². The number of thioether (sulfide) groups is 1. The lowest BCUT2D eigenvalue weighted by atomic mass is 10.0. The van der Waals surface area contributed by atoms with Gasteiger partial charge in [-0.25, -0.2) is 0 Å². The minimum absolute atomic E-state index is 0.191. The molecule has 1 fully saturated rings. The van der Waals surface area contributed by atoms with Gasteiger partial charge in [0.2, 0.25) is 0 Å². The number of fused-ring (bicyclic) bond motifs is 1. The van der Waals surface area contributed by atoms with Gasteiger partial charge in [-0.05, 0) is 41.5 Å². The molecule has 1 saturated heterocycles. The molecule has 0 aliphatic carbocycles. The summed E-state index contributed by atoms with van der Waals surface area (Å²) in [5.41, 5.74) is 0.928. The summed E-state index contributed by atoms with van der Waals surface area (Å²) in [6.07, 6.45) is 3.51. The first kappa shape index (κ1) is 11.3. The van der Waals surface area contributed by atoms with Crippen molar-refractivity contribution in [2.75, 3.05) is 5.75 Å². The maximum absolute atomic E-state index is 12.5. The Kier molecular flexibility index (Phi) is 3.21. The standard InChI is InChI=1S/C14H14OS2/c15-13(12-6-1-2-8-16-12)11-5-3-4-10-7-9-17-14(10)11/h3-5,7,9,12H,1-2,6,8H2. The van der Waals surface area contributed by atoms with Crippen LogP contribution in [0.25, 0.3) is 10.1 Å². The normalized spacial score (nSPS) is 20.6. The van der Waals surface area contributed by atoms with Crippen LogP contribution in [0.3, 0.4) is 0 Å². The molecule has 17 heavy (non-hydrogen) atoms. The highest BCUT2D eigenvalue weighted by Crippen LogP contribution is 2.32. The van der Waals surface area contributed by atoms with E-state index >= 15 is 0 Å². The largest absolute Gasteiger partial charge is 0.293 e. The number of benzene rings is 1. The summed E-state index contributed by atoms with van der Waals surface area (Å²) < 4.78 is 1.16. The molecule has 3 rings (SSSR count). The van der Waals surface area contributed by atoms with E-state index in [1.807, 2.05) is 23.9 Å². The third-order valence-electron chi connectivity index (χ3n) is 3.22. The van der Waals surface area contributed by atoms with Crippen molar-refractivity contribution in [3.8, 4) is 0 Å². The molecule has 1 aromatic carbocycles. The quantitative estimate of drug-likeness (QED) is 0.748. The number of ketones is 1. The molecule has 88 valence electrons. The maximum atomic E-state index is 12.5. The van der Waals surface area contributed by atoms with Crippen LogP contribution in [-0.2, 0) is 0 Å². The first-order valence-electron chi connectivity index (χ1n) is 5.98. The van der Waals surface area contributed by atoms with Gasteiger partial charge in [0.25, 0.3) is 0 Å². The van der Waals surface area contributed by atoms with Gasteiger partial charge in [0.05, 0.1) is 5.25 Å². The summed E-state index contributed by atoms with van der Waals surface area (Å²) in [5.74, 6) is 1.47. The predicted molar refractivity (Wildman–Crippen MR) is 76.3 cm³/mol. The van der Waals surface area contributed by atoms with E-state index in [-0.39, 0.29) is 5.25 Å². The highest BCUT2D eigenvalue weighted by atomic mass is 32.2. The number of carbonyl (C=O) groups excluding carboxylic acids is 1. The van der Waals surface area contributed by atoms with Crippen molar-refractivity contribution in [3.63, 3.8) is 0 Å². The summed E-state index contributed by atoms with van der Waals surface area (Å²) in [6, 6.07) is 8.15. The van der Waals surface area contributed by atoms with Crippen LogP contribution in [0.1, 0.15) is 29.6 Å². The van der Waals surface area contributed by atoms with Crippen LogP contribution in [0.2, 0.25) is 0 Å². The molecule has 1 atom stereocenters. The fourth-order valence-corrected chi connectivity index (χ4v) is 4.49. The Morgan fingerprint density at radius 2 is 2.18 bits per heavy atom. The number of Topliss-reactive ketones (excluding diaryl/α,β-unsaturated/α-hetero) is 1. The number of rotatable bonds is 2. The van der Waals surface area contributed by atoms with Gasteiger partial charge >= 0.3 is 0 Å². The van der Waals surface area contributed by atoms with Gasteiger partial charge in [-0.2, -0.15) is 11.8 Å². The van der Waals surface area contributed by atoms with Crippen LogP contribution < -0.4 is 0 Å². The van der Waals surface area contributed by atoms with Crippen LogP contribution >= 0.6 is 23.1 Å². The Balaban J connectivity index is 1.97. The third kappa shape index (κ3) is 2.14. The lowest BCUT2D eigenvalue weighted by Gasteiger charge is -2.20. The zero-order valence-corrected chi connectivity index (χ0v) is 11.2. The minimum atomic E-state index is 0.191. The molecule has 0 N–H and O–H groups in total. The van der Waals surface area contributed by atoms with Crippen LogP contribution in [0.5, 0.6) is 0 Å². The molecule has 1 nitrogen and oxygen atoms in total. The SMILES string of the molecule is O=C(c1cccc2ccsc12)C1CCCCS1. The highest BCUT2D eigenvalue weighted by Gasteiger charge is 2.24. The monoisotopic (exact) mass is 262 g/mol. The summed E-state index contributed by atoms with van der Waals surface area (Å²) in [5, 5.41) is 3.45. The van der Waals surface area contributed by atoms with E-state index in [0.717, 1.165) is 22.4 Å². The lowest BCUT2D eigenvalue weighted by molar-refractivity contribution is 0.0986. The molecule has 0 bridgehead atoms. The molecule has 0 spiro atoms. The van der Waals surface area contributed by atoms with Gasteiger partial charge in [-0.15, -0.1) is 11.3 Å². The van der Waals surface area contributed by atoms with Crippen LogP contribution in [-0.4, -0.2) is 16.8 Å². The Morgan fingerprint density at radius 1 is 1.24 bits per heavy atom. The molecular formula is C14H14OS2. The number of hydrogen-bond acceptors (Lipinski definition) is 3. The molecule has 2 heterocycles. The van der Waals surface area contributed by atoms with Gasteiger partial charge in [0.15, 0.2) is 5.78 Å². The Hall–Kier alpha value is -0.800. The van der Waals surface area contributed by atoms with Crippen LogP contribution in [0.15, 0.2) is 29.6 Å².